The molecule has 3 N–H and O–H groups in total. The van der Waals surface area contributed by atoms with E-state index in [1.165, 1.54) is 0 Å². The van der Waals surface area contributed by atoms with E-state index in [1.807, 2.05) is 43.3 Å². The van der Waals surface area contributed by atoms with Gasteiger partial charge >= 0.3 is 12.1 Å². The molecule has 0 aromatic heterocycles. The molecular weight excluding hydrogens is 408 g/mol. The van der Waals surface area contributed by atoms with Gasteiger partial charge < -0.3 is 20.5 Å². The van der Waals surface area contributed by atoms with Crippen molar-refractivity contribution in [2.75, 3.05) is 13.2 Å². The second-order valence-corrected chi connectivity index (χ2v) is 7.49. The maximum atomic E-state index is 12.1. The first-order valence-electron chi connectivity index (χ1n) is 10.6. The quantitative estimate of drug-likeness (QED) is 0.553. The number of aliphatic carboxylic acids is 1. The van der Waals surface area contributed by atoms with Gasteiger partial charge in [0.25, 0.3) is 5.91 Å². The Kier molecular flexibility index (Phi) is 7.87. The van der Waals surface area contributed by atoms with Crippen molar-refractivity contribution in [2.24, 2.45) is 0 Å². The van der Waals surface area contributed by atoms with Gasteiger partial charge in [-0.15, -0.1) is 0 Å². The number of amides is 2. The predicted octanol–water partition coefficient (Wildman–Crippen LogP) is 3.29. The van der Waals surface area contributed by atoms with Crippen LogP contribution in [0.25, 0.3) is 11.1 Å². The van der Waals surface area contributed by atoms with Crippen LogP contribution in [-0.4, -0.2) is 42.3 Å². The number of fused-ring (bicyclic) bond motifs is 3. The zero-order valence-corrected chi connectivity index (χ0v) is 17.9. The summed E-state index contributed by atoms with van der Waals surface area (Å²) in [5, 5.41) is 14.0. The van der Waals surface area contributed by atoms with Gasteiger partial charge in [-0.25, -0.2) is 9.59 Å². The van der Waals surface area contributed by atoms with Crippen molar-refractivity contribution < 1.29 is 24.2 Å². The summed E-state index contributed by atoms with van der Waals surface area (Å²) in [6, 6.07) is 15.1. The average molecular weight is 434 g/mol. The lowest BCUT2D eigenvalue weighted by molar-refractivity contribution is -0.141. The van der Waals surface area contributed by atoms with E-state index >= 15 is 0 Å². The van der Waals surface area contributed by atoms with Gasteiger partial charge in [0.15, 0.2) is 0 Å². The van der Waals surface area contributed by atoms with Crippen molar-refractivity contribution in [2.45, 2.75) is 38.1 Å². The maximum absolute atomic E-state index is 12.1. The molecule has 0 fully saturated rings. The van der Waals surface area contributed by atoms with Crippen LogP contribution in [-0.2, 0) is 14.3 Å². The SMILES string of the molecule is CCCC[C@H](NC(=O)C#CCNC(=O)OCC1c2ccccc2-c2ccccc21)C(=O)O. The Bertz CT molecular complexity index is 1010. The van der Waals surface area contributed by atoms with Gasteiger partial charge in [0.05, 0.1) is 6.54 Å². The third-order valence-corrected chi connectivity index (χ3v) is 5.32. The van der Waals surface area contributed by atoms with Gasteiger partial charge in [0, 0.05) is 5.92 Å². The Labute approximate surface area is 187 Å². The molecule has 166 valence electrons. The fraction of sp³-hybridized carbons (Fsp3) is 0.320. The van der Waals surface area contributed by atoms with Crippen LogP contribution in [0.1, 0.15) is 43.2 Å². The average Bonchev–Trinajstić information content (AvgIpc) is 3.11. The van der Waals surface area contributed by atoms with Gasteiger partial charge in [0.2, 0.25) is 0 Å². The summed E-state index contributed by atoms with van der Waals surface area (Å²) < 4.78 is 5.39. The first kappa shape index (κ1) is 22.9. The molecule has 0 saturated carbocycles. The molecule has 2 aromatic rings. The summed E-state index contributed by atoms with van der Waals surface area (Å²) in [5.41, 5.74) is 4.53. The van der Waals surface area contributed by atoms with Crippen LogP contribution in [0.15, 0.2) is 48.5 Å². The lowest BCUT2D eigenvalue weighted by atomic mass is 9.98. The lowest BCUT2D eigenvalue weighted by Gasteiger charge is -2.14. The molecule has 0 spiro atoms. The highest BCUT2D eigenvalue weighted by Crippen LogP contribution is 2.44. The van der Waals surface area contributed by atoms with Gasteiger partial charge in [-0.1, -0.05) is 74.2 Å². The van der Waals surface area contributed by atoms with Gasteiger partial charge in [0.1, 0.15) is 12.6 Å². The largest absolute Gasteiger partial charge is 0.480 e. The summed E-state index contributed by atoms with van der Waals surface area (Å²) in [6.07, 6.45) is 1.23. The Morgan fingerprint density at radius 1 is 1.06 bits per heavy atom. The van der Waals surface area contributed by atoms with E-state index in [0.29, 0.717) is 12.8 Å². The molecule has 0 unspecified atom stereocenters. The smallest absolute Gasteiger partial charge is 0.407 e. The summed E-state index contributed by atoms with van der Waals surface area (Å²) in [7, 11) is 0. The fourth-order valence-electron chi connectivity index (χ4n) is 3.75. The number of hydrogen-bond donors (Lipinski definition) is 3. The number of carboxylic acids is 1. The maximum Gasteiger partial charge on any atom is 0.407 e. The topological polar surface area (TPSA) is 105 Å². The van der Waals surface area contributed by atoms with Crippen LogP contribution >= 0.6 is 0 Å². The van der Waals surface area contributed by atoms with Crippen LogP contribution in [0.3, 0.4) is 0 Å². The molecule has 32 heavy (non-hydrogen) atoms. The van der Waals surface area contributed by atoms with Crippen molar-refractivity contribution in [1.82, 2.24) is 10.6 Å². The Hall–Kier alpha value is -3.79. The molecule has 0 aliphatic heterocycles. The minimum atomic E-state index is -1.09. The van der Waals surface area contributed by atoms with E-state index in [9.17, 15) is 14.4 Å². The van der Waals surface area contributed by atoms with Crippen LogP contribution in [0.5, 0.6) is 0 Å². The number of alkyl carbamates (subject to hydrolysis) is 1. The van der Waals surface area contributed by atoms with Crippen molar-refractivity contribution in [3.05, 3.63) is 59.7 Å². The van der Waals surface area contributed by atoms with E-state index in [2.05, 4.69) is 34.6 Å². The Morgan fingerprint density at radius 3 is 2.28 bits per heavy atom. The number of nitrogens with one attached hydrogen (secondary N) is 2. The van der Waals surface area contributed by atoms with Crippen molar-refractivity contribution in [1.29, 1.82) is 0 Å². The van der Waals surface area contributed by atoms with E-state index < -0.39 is 24.0 Å². The summed E-state index contributed by atoms with van der Waals surface area (Å²) in [6.45, 7) is 2.04. The second kappa shape index (κ2) is 11.0. The zero-order chi connectivity index (χ0) is 22.9. The molecule has 7 heteroatoms. The van der Waals surface area contributed by atoms with Crippen molar-refractivity contribution in [3.63, 3.8) is 0 Å². The number of hydrogen-bond acceptors (Lipinski definition) is 4. The Morgan fingerprint density at radius 2 is 1.69 bits per heavy atom. The minimum Gasteiger partial charge on any atom is -0.480 e. The first-order valence-corrected chi connectivity index (χ1v) is 10.6. The van der Waals surface area contributed by atoms with Gasteiger partial charge in [-0.05, 0) is 34.6 Å². The minimum absolute atomic E-state index is 0.0407. The van der Waals surface area contributed by atoms with E-state index in [0.717, 1.165) is 28.7 Å². The number of carbonyl (C=O) groups excluding carboxylic acids is 2. The highest BCUT2D eigenvalue weighted by Gasteiger charge is 2.28. The molecule has 0 bridgehead atoms. The highest BCUT2D eigenvalue weighted by molar-refractivity contribution is 5.96. The molecule has 0 saturated heterocycles. The number of benzene rings is 2. The number of unbranched alkanes of at least 4 members (excludes halogenated alkanes) is 1. The molecular formula is C25H26N2O5. The van der Waals surface area contributed by atoms with Crippen LogP contribution < -0.4 is 10.6 Å². The van der Waals surface area contributed by atoms with Gasteiger partial charge in [-0.3, -0.25) is 4.79 Å². The summed E-state index contributed by atoms with van der Waals surface area (Å²) >= 11 is 0. The Balaban J connectivity index is 1.48. The van der Waals surface area contributed by atoms with Crippen LogP contribution in [0.2, 0.25) is 0 Å². The number of ether oxygens (including phenoxy) is 1. The molecule has 1 atom stereocenters. The molecule has 2 amide bonds. The van der Waals surface area contributed by atoms with Crippen LogP contribution in [0.4, 0.5) is 4.79 Å². The molecule has 0 heterocycles. The molecule has 1 aliphatic carbocycles. The van der Waals surface area contributed by atoms with E-state index in [1.54, 1.807) is 0 Å². The number of rotatable bonds is 8. The third-order valence-electron chi connectivity index (χ3n) is 5.32. The first-order chi connectivity index (χ1) is 15.5. The number of carboxylic acid groups (broad SMARTS) is 1. The van der Waals surface area contributed by atoms with E-state index in [4.69, 9.17) is 9.84 Å². The highest BCUT2D eigenvalue weighted by atomic mass is 16.5. The molecule has 2 aromatic carbocycles. The summed E-state index contributed by atoms with van der Waals surface area (Å²) in [5.74, 6) is 2.97. The van der Waals surface area contributed by atoms with Crippen molar-refractivity contribution >= 4 is 18.0 Å². The molecule has 7 nitrogen and oxygen atoms in total. The van der Waals surface area contributed by atoms with Crippen molar-refractivity contribution in [3.8, 4) is 23.0 Å². The summed E-state index contributed by atoms with van der Waals surface area (Å²) in [4.78, 5) is 35.0. The normalized spacial score (nSPS) is 12.5. The standard InChI is InChI=1S/C25H26N2O5/c1-2-3-13-22(24(29)30)27-23(28)14-8-15-26-25(31)32-16-21-19-11-6-4-9-17(19)18-10-5-7-12-20(18)21/h4-7,9-12,21-22H,2-3,13,15-16H2,1H3,(H,26,31)(H,27,28)(H,29,30)/t22-/m0/s1. The third kappa shape index (κ3) is 5.67. The molecule has 1 aliphatic rings. The fourth-order valence-corrected chi connectivity index (χ4v) is 3.75. The monoisotopic (exact) mass is 434 g/mol. The van der Waals surface area contributed by atoms with Gasteiger partial charge in [-0.2, -0.15) is 0 Å². The second-order valence-electron chi connectivity index (χ2n) is 7.49. The predicted molar refractivity (Wildman–Crippen MR) is 120 cm³/mol. The van der Waals surface area contributed by atoms with Crippen LogP contribution in [0, 0.1) is 11.8 Å². The molecule has 3 rings (SSSR count). The molecule has 0 radical (unpaired) electrons. The number of carbonyl (C=O) groups is 3. The lowest BCUT2D eigenvalue weighted by Crippen LogP contribution is -2.40. The van der Waals surface area contributed by atoms with E-state index in [-0.39, 0.29) is 19.1 Å². The zero-order valence-electron chi connectivity index (χ0n) is 17.9.